The molecule has 4 heteroatoms. The number of nitriles is 1. The van der Waals surface area contributed by atoms with Crippen LogP contribution < -0.4 is 5.32 Å². The smallest absolute Gasteiger partial charge is 0.103 e. The Bertz CT molecular complexity index is 651. The highest BCUT2D eigenvalue weighted by Gasteiger charge is 2.18. The van der Waals surface area contributed by atoms with E-state index in [0.29, 0.717) is 11.6 Å². The summed E-state index contributed by atoms with van der Waals surface area (Å²) in [6.45, 7) is 2.20. The maximum Gasteiger partial charge on any atom is 0.103 e. The fraction of sp³-hybridized carbons (Fsp3) is 0.375. The number of benzene rings is 1. The molecule has 0 bridgehead atoms. The number of aromatic nitrogens is 1. The zero-order chi connectivity index (χ0) is 13.9. The fourth-order valence-corrected chi connectivity index (χ4v) is 2.74. The highest BCUT2D eigenvalue weighted by Crippen LogP contribution is 2.27. The molecule has 1 aromatic heterocycles. The first-order valence-electron chi connectivity index (χ1n) is 7.01. The van der Waals surface area contributed by atoms with Crippen molar-refractivity contribution in [2.24, 2.45) is 0 Å². The zero-order valence-electron chi connectivity index (χ0n) is 11.6. The molecule has 102 valence electrons. The van der Waals surface area contributed by atoms with Crippen LogP contribution in [0.2, 0.25) is 0 Å². The molecule has 0 amide bonds. The minimum atomic E-state index is 0.434. The summed E-state index contributed by atoms with van der Waals surface area (Å²) in [7, 11) is 2.15. The number of fused-ring (bicyclic) bond motifs is 1. The van der Waals surface area contributed by atoms with Gasteiger partial charge in [-0.2, -0.15) is 5.26 Å². The van der Waals surface area contributed by atoms with E-state index in [4.69, 9.17) is 0 Å². The number of para-hydroxylation sites is 1. The van der Waals surface area contributed by atoms with Gasteiger partial charge in [-0.15, -0.1) is 0 Å². The third-order valence-electron chi connectivity index (χ3n) is 3.96. The molecule has 0 unspecified atom stereocenters. The van der Waals surface area contributed by atoms with Crippen LogP contribution in [0.25, 0.3) is 10.9 Å². The Morgan fingerprint density at radius 3 is 2.80 bits per heavy atom. The van der Waals surface area contributed by atoms with Crippen molar-refractivity contribution in [3.8, 4) is 6.07 Å². The van der Waals surface area contributed by atoms with Crippen LogP contribution in [0.15, 0.2) is 30.5 Å². The summed E-state index contributed by atoms with van der Waals surface area (Å²) in [6, 6.07) is 10.7. The number of rotatable bonds is 2. The summed E-state index contributed by atoms with van der Waals surface area (Å²) in [5.41, 5.74) is 2.50. The third kappa shape index (κ3) is 2.45. The van der Waals surface area contributed by atoms with E-state index in [1.807, 2.05) is 24.3 Å². The molecular formula is C16H18N4. The lowest BCUT2D eigenvalue weighted by atomic mass is 10.0. The summed E-state index contributed by atoms with van der Waals surface area (Å²) in [5, 5.41) is 13.9. The highest BCUT2D eigenvalue weighted by molar-refractivity contribution is 5.93. The standard InChI is InChI=1S/C16H18N4/c1-20-8-6-13(7-9-20)19-16-12(10-17)11-18-15-5-3-2-4-14(15)16/h2-5,11,13H,6-9H2,1H3,(H,18,19). The number of nitrogens with one attached hydrogen (secondary N) is 1. The van der Waals surface area contributed by atoms with E-state index in [-0.39, 0.29) is 0 Å². The number of hydrogen-bond donors (Lipinski definition) is 1. The number of nitrogens with zero attached hydrogens (tertiary/aromatic N) is 3. The Morgan fingerprint density at radius 1 is 1.30 bits per heavy atom. The van der Waals surface area contributed by atoms with E-state index in [2.05, 4.69) is 28.3 Å². The van der Waals surface area contributed by atoms with Gasteiger partial charge in [-0.1, -0.05) is 18.2 Å². The summed E-state index contributed by atoms with van der Waals surface area (Å²) in [6.07, 6.45) is 3.88. The van der Waals surface area contributed by atoms with Gasteiger partial charge in [0, 0.05) is 17.6 Å². The molecule has 3 rings (SSSR count). The van der Waals surface area contributed by atoms with Crippen LogP contribution in [-0.4, -0.2) is 36.1 Å². The van der Waals surface area contributed by atoms with Gasteiger partial charge in [-0.05, 0) is 39.0 Å². The van der Waals surface area contributed by atoms with E-state index in [1.165, 1.54) is 0 Å². The van der Waals surface area contributed by atoms with Gasteiger partial charge in [-0.25, -0.2) is 0 Å². The Hall–Kier alpha value is -2.12. The Labute approximate surface area is 119 Å². The molecule has 4 nitrogen and oxygen atoms in total. The lowest BCUT2D eigenvalue weighted by molar-refractivity contribution is 0.264. The van der Waals surface area contributed by atoms with Crippen LogP contribution in [0.3, 0.4) is 0 Å². The van der Waals surface area contributed by atoms with Gasteiger partial charge in [0.05, 0.1) is 16.8 Å². The number of anilines is 1. The van der Waals surface area contributed by atoms with E-state index in [0.717, 1.165) is 42.5 Å². The van der Waals surface area contributed by atoms with Crippen molar-refractivity contribution in [3.63, 3.8) is 0 Å². The van der Waals surface area contributed by atoms with Gasteiger partial charge in [0.25, 0.3) is 0 Å². The summed E-state index contributed by atoms with van der Waals surface area (Å²) in [5.74, 6) is 0. The second kappa shape index (κ2) is 5.48. The number of likely N-dealkylation sites (tertiary alicyclic amines) is 1. The largest absolute Gasteiger partial charge is 0.381 e. The molecule has 2 aromatic rings. The fourth-order valence-electron chi connectivity index (χ4n) is 2.74. The first-order valence-corrected chi connectivity index (χ1v) is 7.01. The molecule has 0 radical (unpaired) electrons. The lowest BCUT2D eigenvalue weighted by Gasteiger charge is -2.30. The van der Waals surface area contributed by atoms with E-state index >= 15 is 0 Å². The van der Waals surface area contributed by atoms with Crippen LogP contribution in [0.1, 0.15) is 18.4 Å². The van der Waals surface area contributed by atoms with Gasteiger partial charge in [0.15, 0.2) is 0 Å². The average molecular weight is 266 g/mol. The zero-order valence-corrected chi connectivity index (χ0v) is 11.6. The van der Waals surface area contributed by atoms with Crippen LogP contribution >= 0.6 is 0 Å². The van der Waals surface area contributed by atoms with Crippen molar-refractivity contribution in [2.75, 3.05) is 25.5 Å². The maximum absolute atomic E-state index is 9.31. The maximum atomic E-state index is 9.31. The monoisotopic (exact) mass is 266 g/mol. The molecule has 1 fully saturated rings. The van der Waals surface area contributed by atoms with E-state index in [1.54, 1.807) is 6.20 Å². The molecule has 1 aromatic carbocycles. The Balaban J connectivity index is 1.95. The number of pyridine rings is 1. The van der Waals surface area contributed by atoms with Gasteiger partial charge in [0.2, 0.25) is 0 Å². The molecule has 1 N–H and O–H groups in total. The van der Waals surface area contributed by atoms with Crippen molar-refractivity contribution in [3.05, 3.63) is 36.0 Å². The van der Waals surface area contributed by atoms with Crippen molar-refractivity contribution in [2.45, 2.75) is 18.9 Å². The number of piperidine rings is 1. The van der Waals surface area contributed by atoms with E-state index < -0.39 is 0 Å². The predicted molar refractivity (Wildman–Crippen MR) is 80.6 cm³/mol. The third-order valence-corrected chi connectivity index (χ3v) is 3.96. The molecule has 0 saturated carbocycles. The van der Waals surface area contributed by atoms with Crippen molar-refractivity contribution in [1.82, 2.24) is 9.88 Å². The topological polar surface area (TPSA) is 52.0 Å². The minimum absolute atomic E-state index is 0.434. The van der Waals surface area contributed by atoms with Gasteiger partial charge >= 0.3 is 0 Å². The first-order chi connectivity index (χ1) is 9.78. The second-order valence-corrected chi connectivity index (χ2v) is 5.40. The molecule has 20 heavy (non-hydrogen) atoms. The van der Waals surface area contributed by atoms with Crippen LogP contribution in [0.4, 0.5) is 5.69 Å². The molecule has 0 spiro atoms. The molecule has 0 atom stereocenters. The van der Waals surface area contributed by atoms with Crippen LogP contribution in [0, 0.1) is 11.3 Å². The molecule has 0 aliphatic carbocycles. The first kappa shape index (κ1) is 12.9. The quantitative estimate of drug-likeness (QED) is 0.907. The minimum Gasteiger partial charge on any atom is -0.381 e. The molecule has 1 aliphatic rings. The van der Waals surface area contributed by atoms with Crippen LogP contribution in [-0.2, 0) is 0 Å². The Kier molecular flexibility index (Phi) is 3.53. The Morgan fingerprint density at radius 2 is 2.05 bits per heavy atom. The van der Waals surface area contributed by atoms with Crippen molar-refractivity contribution < 1.29 is 0 Å². The lowest BCUT2D eigenvalue weighted by Crippen LogP contribution is -2.36. The summed E-state index contributed by atoms with van der Waals surface area (Å²) in [4.78, 5) is 6.69. The highest BCUT2D eigenvalue weighted by atomic mass is 15.1. The van der Waals surface area contributed by atoms with Gasteiger partial charge < -0.3 is 10.2 Å². The average Bonchev–Trinajstić information content (AvgIpc) is 2.50. The second-order valence-electron chi connectivity index (χ2n) is 5.40. The summed E-state index contributed by atoms with van der Waals surface area (Å²) >= 11 is 0. The normalized spacial score (nSPS) is 17.0. The van der Waals surface area contributed by atoms with Gasteiger partial charge in [-0.3, -0.25) is 4.98 Å². The molecule has 2 heterocycles. The SMILES string of the molecule is CN1CCC(Nc2c(C#N)cnc3ccccc23)CC1. The summed E-state index contributed by atoms with van der Waals surface area (Å²) < 4.78 is 0. The molecular weight excluding hydrogens is 248 g/mol. The molecule has 1 saturated heterocycles. The molecule has 1 aliphatic heterocycles. The van der Waals surface area contributed by atoms with Crippen LogP contribution in [0.5, 0.6) is 0 Å². The van der Waals surface area contributed by atoms with E-state index in [9.17, 15) is 5.26 Å². The van der Waals surface area contributed by atoms with Gasteiger partial charge in [0.1, 0.15) is 6.07 Å². The number of hydrogen-bond acceptors (Lipinski definition) is 4. The van der Waals surface area contributed by atoms with Crippen molar-refractivity contribution >= 4 is 16.6 Å². The predicted octanol–water partition coefficient (Wildman–Crippen LogP) is 2.61. The van der Waals surface area contributed by atoms with Crippen molar-refractivity contribution in [1.29, 1.82) is 5.26 Å².